The zero-order chi connectivity index (χ0) is 10.1. The van der Waals surface area contributed by atoms with Gasteiger partial charge >= 0.3 is 5.97 Å². The van der Waals surface area contributed by atoms with Crippen LogP contribution in [0.25, 0.3) is 11.0 Å². The summed E-state index contributed by atoms with van der Waals surface area (Å²) in [4.78, 5) is 10.5. The van der Waals surface area contributed by atoms with E-state index in [1.165, 1.54) is 0 Å². The number of rotatable bonds is 2. The summed E-state index contributed by atoms with van der Waals surface area (Å²) in [5, 5.41) is 9.65. The first-order valence-corrected chi connectivity index (χ1v) is 4.37. The standard InChI is InChI=1S/C11H10O3/c1-7-8-4-2-3-5-9(8)14-10(7)6-11(12)13/h2-5H,6H2,1H3,(H,12,13). The van der Waals surface area contributed by atoms with Crippen molar-refractivity contribution in [2.24, 2.45) is 0 Å². The maximum absolute atomic E-state index is 10.5. The fraction of sp³-hybridized carbons (Fsp3) is 0.182. The summed E-state index contributed by atoms with van der Waals surface area (Å²) >= 11 is 0. The summed E-state index contributed by atoms with van der Waals surface area (Å²) in [7, 11) is 0. The molecule has 0 radical (unpaired) electrons. The van der Waals surface area contributed by atoms with E-state index in [9.17, 15) is 4.79 Å². The SMILES string of the molecule is Cc1c(CC(=O)O)oc2ccccc12. The van der Waals surface area contributed by atoms with Crippen LogP contribution in [-0.2, 0) is 11.2 Å². The molecule has 0 spiro atoms. The smallest absolute Gasteiger partial charge is 0.311 e. The third-order valence-corrected chi connectivity index (χ3v) is 2.25. The van der Waals surface area contributed by atoms with Gasteiger partial charge < -0.3 is 9.52 Å². The van der Waals surface area contributed by atoms with E-state index in [0.29, 0.717) is 5.76 Å². The van der Waals surface area contributed by atoms with E-state index in [0.717, 1.165) is 16.5 Å². The summed E-state index contributed by atoms with van der Waals surface area (Å²) in [6.45, 7) is 1.88. The molecular formula is C11H10O3. The van der Waals surface area contributed by atoms with Gasteiger partial charge in [0, 0.05) is 5.39 Å². The largest absolute Gasteiger partial charge is 0.481 e. The number of aryl methyl sites for hydroxylation is 1. The molecule has 3 nitrogen and oxygen atoms in total. The zero-order valence-corrected chi connectivity index (χ0v) is 7.78. The zero-order valence-electron chi connectivity index (χ0n) is 7.78. The Morgan fingerprint density at radius 1 is 1.43 bits per heavy atom. The van der Waals surface area contributed by atoms with Crippen LogP contribution in [0.4, 0.5) is 0 Å². The van der Waals surface area contributed by atoms with E-state index in [-0.39, 0.29) is 6.42 Å². The van der Waals surface area contributed by atoms with Crippen molar-refractivity contribution < 1.29 is 14.3 Å². The summed E-state index contributed by atoms with van der Waals surface area (Å²) in [5.74, 6) is -0.328. The number of benzene rings is 1. The Balaban J connectivity index is 2.57. The minimum Gasteiger partial charge on any atom is -0.481 e. The molecule has 0 saturated carbocycles. The quantitative estimate of drug-likeness (QED) is 0.790. The van der Waals surface area contributed by atoms with Gasteiger partial charge in [0.05, 0.1) is 0 Å². The van der Waals surface area contributed by atoms with Crippen LogP contribution < -0.4 is 0 Å². The molecular weight excluding hydrogens is 180 g/mol. The number of carboxylic acid groups (broad SMARTS) is 1. The van der Waals surface area contributed by atoms with Crippen molar-refractivity contribution in [1.29, 1.82) is 0 Å². The number of aliphatic carboxylic acids is 1. The van der Waals surface area contributed by atoms with E-state index >= 15 is 0 Å². The van der Waals surface area contributed by atoms with Crippen molar-refractivity contribution in [2.45, 2.75) is 13.3 Å². The topological polar surface area (TPSA) is 50.4 Å². The van der Waals surface area contributed by atoms with Crippen LogP contribution in [0.3, 0.4) is 0 Å². The maximum atomic E-state index is 10.5. The van der Waals surface area contributed by atoms with Gasteiger partial charge in [-0.1, -0.05) is 18.2 Å². The number of para-hydroxylation sites is 1. The highest BCUT2D eigenvalue weighted by molar-refractivity contribution is 5.83. The monoisotopic (exact) mass is 190 g/mol. The lowest BCUT2D eigenvalue weighted by molar-refractivity contribution is -0.136. The summed E-state index contributed by atoms with van der Waals surface area (Å²) in [5.41, 5.74) is 1.67. The highest BCUT2D eigenvalue weighted by atomic mass is 16.4. The van der Waals surface area contributed by atoms with Crippen LogP contribution in [-0.4, -0.2) is 11.1 Å². The van der Waals surface area contributed by atoms with Crippen LogP contribution in [0.1, 0.15) is 11.3 Å². The second-order valence-electron chi connectivity index (χ2n) is 3.22. The fourth-order valence-corrected chi connectivity index (χ4v) is 1.53. The first kappa shape index (κ1) is 8.81. The van der Waals surface area contributed by atoms with E-state index in [4.69, 9.17) is 9.52 Å². The van der Waals surface area contributed by atoms with Crippen molar-refractivity contribution in [2.75, 3.05) is 0 Å². The van der Waals surface area contributed by atoms with Crippen LogP contribution in [0.2, 0.25) is 0 Å². The molecule has 2 aromatic rings. The molecule has 1 aromatic carbocycles. The number of hydrogen-bond donors (Lipinski definition) is 1. The molecule has 0 aliphatic rings. The molecule has 0 aliphatic heterocycles. The molecule has 0 aliphatic carbocycles. The van der Waals surface area contributed by atoms with Gasteiger partial charge in [-0.3, -0.25) is 4.79 Å². The van der Waals surface area contributed by atoms with Gasteiger partial charge in [0.1, 0.15) is 17.8 Å². The molecule has 1 heterocycles. The van der Waals surface area contributed by atoms with Crippen molar-refractivity contribution in [3.8, 4) is 0 Å². The molecule has 0 saturated heterocycles. The van der Waals surface area contributed by atoms with Crippen molar-refractivity contribution in [3.05, 3.63) is 35.6 Å². The molecule has 14 heavy (non-hydrogen) atoms. The molecule has 0 bridgehead atoms. The van der Waals surface area contributed by atoms with Gasteiger partial charge in [0.15, 0.2) is 0 Å². The van der Waals surface area contributed by atoms with Crippen LogP contribution >= 0.6 is 0 Å². The Hall–Kier alpha value is -1.77. The average Bonchev–Trinajstić information content (AvgIpc) is 2.44. The first-order chi connectivity index (χ1) is 6.68. The highest BCUT2D eigenvalue weighted by Gasteiger charge is 2.12. The van der Waals surface area contributed by atoms with Gasteiger partial charge in [0.2, 0.25) is 0 Å². The Bertz CT molecular complexity index is 482. The molecule has 0 unspecified atom stereocenters. The van der Waals surface area contributed by atoms with Crippen LogP contribution in [0.5, 0.6) is 0 Å². The summed E-state index contributed by atoms with van der Waals surface area (Å²) in [6, 6.07) is 7.55. The third kappa shape index (κ3) is 1.37. The molecule has 0 fully saturated rings. The second-order valence-corrected chi connectivity index (χ2v) is 3.22. The summed E-state index contributed by atoms with van der Waals surface area (Å²) < 4.78 is 5.43. The lowest BCUT2D eigenvalue weighted by Gasteiger charge is -1.91. The second kappa shape index (κ2) is 3.18. The number of hydrogen-bond acceptors (Lipinski definition) is 2. The van der Waals surface area contributed by atoms with Crippen molar-refractivity contribution in [1.82, 2.24) is 0 Å². The van der Waals surface area contributed by atoms with Gasteiger partial charge in [-0.15, -0.1) is 0 Å². The normalized spacial score (nSPS) is 10.6. The number of fused-ring (bicyclic) bond motifs is 1. The predicted molar refractivity (Wildman–Crippen MR) is 52.3 cm³/mol. The van der Waals surface area contributed by atoms with E-state index in [1.54, 1.807) is 0 Å². The first-order valence-electron chi connectivity index (χ1n) is 4.37. The lowest BCUT2D eigenvalue weighted by atomic mass is 10.1. The number of furan rings is 1. The predicted octanol–water partition coefficient (Wildman–Crippen LogP) is 2.37. The number of carbonyl (C=O) groups is 1. The van der Waals surface area contributed by atoms with Crippen LogP contribution in [0, 0.1) is 6.92 Å². The highest BCUT2D eigenvalue weighted by Crippen LogP contribution is 2.24. The molecule has 72 valence electrons. The Labute approximate surface area is 81.0 Å². The number of carboxylic acids is 1. The molecule has 1 aromatic heterocycles. The Kier molecular flexibility index (Phi) is 2.00. The molecule has 3 heteroatoms. The fourth-order valence-electron chi connectivity index (χ4n) is 1.53. The minimum absolute atomic E-state index is 0.0550. The van der Waals surface area contributed by atoms with Crippen molar-refractivity contribution >= 4 is 16.9 Å². The molecule has 0 atom stereocenters. The van der Waals surface area contributed by atoms with Gasteiger partial charge in [0.25, 0.3) is 0 Å². The third-order valence-electron chi connectivity index (χ3n) is 2.25. The van der Waals surface area contributed by atoms with Gasteiger partial charge in [-0.2, -0.15) is 0 Å². The molecule has 1 N–H and O–H groups in total. The molecule has 0 amide bonds. The van der Waals surface area contributed by atoms with E-state index in [1.807, 2.05) is 31.2 Å². The molecule has 2 rings (SSSR count). The maximum Gasteiger partial charge on any atom is 0.311 e. The lowest BCUT2D eigenvalue weighted by Crippen LogP contribution is -1.99. The minimum atomic E-state index is -0.868. The Morgan fingerprint density at radius 3 is 2.79 bits per heavy atom. The van der Waals surface area contributed by atoms with E-state index < -0.39 is 5.97 Å². The van der Waals surface area contributed by atoms with Gasteiger partial charge in [-0.05, 0) is 18.6 Å². The summed E-state index contributed by atoms with van der Waals surface area (Å²) in [6.07, 6.45) is -0.0550. The Morgan fingerprint density at radius 2 is 2.14 bits per heavy atom. The van der Waals surface area contributed by atoms with E-state index in [2.05, 4.69) is 0 Å². The van der Waals surface area contributed by atoms with Crippen LogP contribution in [0.15, 0.2) is 28.7 Å². The van der Waals surface area contributed by atoms with Crippen molar-refractivity contribution in [3.63, 3.8) is 0 Å². The average molecular weight is 190 g/mol. The van der Waals surface area contributed by atoms with Gasteiger partial charge in [-0.25, -0.2) is 0 Å².